The standard InChI is InChI=1S/C14H15FN2O2/c1-2-8-17-12-7-6-10(15)9-11(12)16-13(17)4-3-5-14(18)19/h2,6-7,9H,1,3-5,8H2,(H,18,19). The lowest BCUT2D eigenvalue weighted by atomic mass is 10.2. The molecule has 1 heterocycles. The van der Waals surface area contributed by atoms with Crippen LogP contribution in [0.15, 0.2) is 30.9 Å². The first-order valence-corrected chi connectivity index (χ1v) is 6.09. The van der Waals surface area contributed by atoms with E-state index < -0.39 is 5.97 Å². The van der Waals surface area contributed by atoms with Gasteiger partial charge in [-0.3, -0.25) is 4.79 Å². The topological polar surface area (TPSA) is 55.1 Å². The van der Waals surface area contributed by atoms with Gasteiger partial charge in [0, 0.05) is 25.5 Å². The summed E-state index contributed by atoms with van der Waals surface area (Å²) >= 11 is 0. The molecule has 0 radical (unpaired) electrons. The first kappa shape index (κ1) is 13.3. The molecule has 0 saturated heterocycles. The van der Waals surface area contributed by atoms with Crippen molar-refractivity contribution in [2.75, 3.05) is 0 Å². The lowest BCUT2D eigenvalue weighted by Crippen LogP contribution is -2.04. The van der Waals surface area contributed by atoms with Crippen molar-refractivity contribution < 1.29 is 14.3 Å². The summed E-state index contributed by atoms with van der Waals surface area (Å²) in [5.74, 6) is -0.382. The van der Waals surface area contributed by atoms with Gasteiger partial charge in [-0.05, 0) is 18.6 Å². The molecular weight excluding hydrogens is 247 g/mol. The molecule has 0 unspecified atom stereocenters. The molecule has 1 aromatic heterocycles. The van der Waals surface area contributed by atoms with E-state index in [1.165, 1.54) is 12.1 Å². The fraction of sp³-hybridized carbons (Fsp3) is 0.286. The van der Waals surface area contributed by atoms with Crippen LogP contribution in [0.25, 0.3) is 11.0 Å². The van der Waals surface area contributed by atoms with Crippen molar-refractivity contribution in [1.29, 1.82) is 0 Å². The van der Waals surface area contributed by atoms with Crippen molar-refractivity contribution in [2.45, 2.75) is 25.8 Å². The van der Waals surface area contributed by atoms with Gasteiger partial charge in [0.2, 0.25) is 0 Å². The third kappa shape index (κ3) is 2.99. The van der Waals surface area contributed by atoms with Crippen molar-refractivity contribution >= 4 is 17.0 Å². The first-order valence-electron chi connectivity index (χ1n) is 6.09. The zero-order chi connectivity index (χ0) is 13.8. The quantitative estimate of drug-likeness (QED) is 0.814. The Morgan fingerprint density at radius 2 is 2.32 bits per heavy atom. The van der Waals surface area contributed by atoms with E-state index in [1.807, 2.05) is 4.57 Å². The molecular formula is C14H15FN2O2. The predicted molar refractivity (Wildman–Crippen MR) is 70.5 cm³/mol. The molecule has 1 N–H and O–H groups in total. The highest BCUT2D eigenvalue weighted by Gasteiger charge is 2.10. The van der Waals surface area contributed by atoms with Crippen molar-refractivity contribution in [3.63, 3.8) is 0 Å². The maximum Gasteiger partial charge on any atom is 0.303 e. The molecule has 0 amide bonds. The largest absolute Gasteiger partial charge is 0.481 e. The Balaban J connectivity index is 2.32. The Hall–Kier alpha value is -2.17. The van der Waals surface area contributed by atoms with E-state index >= 15 is 0 Å². The summed E-state index contributed by atoms with van der Waals surface area (Å²) < 4.78 is 15.1. The second kappa shape index (κ2) is 5.65. The number of aliphatic carboxylic acids is 1. The van der Waals surface area contributed by atoms with E-state index in [9.17, 15) is 9.18 Å². The van der Waals surface area contributed by atoms with Crippen molar-refractivity contribution in [1.82, 2.24) is 9.55 Å². The van der Waals surface area contributed by atoms with Crippen LogP contribution in [-0.2, 0) is 17.8 Å². The highest BCUT2D eigenvalue weighted by atomic mass is 19.1. The van der Waals surface area contributed by atoms with Crippen LogP contribution in [0, 0.1) is 5.82 Å². The number of halogens is 1. The molecule has 2 rings (SSSR count). The van der Waals surface area contributed by atoms with E-state index in [-0.39, 0.29) is 12.2 Å². The number of benzene rings is 1. The molecule has 0 fully saturated rings. The van der Waals surface area contributed by atoms with E-state index in [4.69, 9.17) is 5.11 Å². The predicted octanol–water partition coefficient (Wildman–Crippen LogP) is 2.77. The number of allylic oxidation sites excluding steroid dienone is 1. The highest BCUT2D eigenvalue weighted by Crippen LogP contribution is 2.19. The minimum Gasteiger partial charge on any atom is -0.481 e. The Kier molecular flexibility index (Phi) is 3.94. The van der Waals surface area contributed by atoms with Gasteiger partial charge in [-0.2, -0.15) is 0 Å². The lowest BCUT2D eigenvalue weighted by molar-refractivity contribution is -0.137. The zero-order valence-corrected chi connectivity index (χ0v) is 10.5. The minimum absolute atomic E-state index is 0.103. The molecule has 100 valence electrons. The van der Waals surface area contributed by atoms with Gasteiger partial charge in [-0.1, -0.05) is 6.08 Å². The molecule has 0 saturated carbocycles. The van der Waals surface area contributed by atoms with Crippen LogP contribution < -0.4 is 0 Å². The van der Waals surface area contributed by atoms with Gasteiger partial charge >= 0.3 is 5.97 Å². The van der Waals surface area contributed by atoms with E-state index in [0.717, 1.165) is 11.3 Å². The number of fused-ring (bicyclic) bond motifs is 1. The van der Waals surface area contributed by atoms with Gasteiger partial charge in [-0.15, -0.1) is 6.58 Å². The summed E-state index contributed by atoms with van der Waals surface area (Å²) in [6.45, 7) is 4.27. The Labute approximate surface area is 110 Å². The maximum atomic E-state index is 13.2. The van der Waals surface area contributed by atoms with Crippen LogP contribution in [0.4, 0.5) is 4.39 Å². The summed E-state index contributed by atoms with van der Waals surface area (Å²) in [6.07, 6.45) is 2.91. The fourth-order valence-corrected chi connectivity index (χ4v) is 2.07. The van der Waals surface area contributed by atoms with Crippen LogP contribution in [-0.4, -0.2) is 20.6 Å². The molecule has 5 heteroatoms. The monoisotopic (exact) mass is 262 g/mol. The molecule has 0 aliphatic heterocycles. The molecule has 19 heavy (non-hydrogen) atoms. The van der Waals surface area contributed by atoms with Crippen molar-refractivity contribution in [3.8, 4) is 0 Å². The van der Waals surface area contributed by atoms with Gasteiger partial charge in [0.25, 0.3) is 0 Å². The van der Waals surface area contributed by atoms with E-state index in [2.05, 4.69) is 11.6 Å². The van der Waals surface area contributed by atoms with Crippen LogP contribution in [0.1, 0.15) is 18.7 Å². The number of aromatic nitrogens is 2. The number of rotatable bonds is 6. The molecule has 0 spiro atoms. The second-order valence-electron chi connectivity index (χ2n) is 4.31. The average Bonchev–Trinajstić information content (AvgIpc) is 2.67. The number of aryl methyl sites for hydroxylation is 1. The Bertz CT molecular complexity index is 619. The van der Waals surface area contributed by atoms with E-state index in [0.29, 0.717) is 24.9 Å². The van der Waals surface area contributed by atoms with Gasteiger partial charge in [0.1, 0.15) is 11.6 Å². The number of hydrogen-bond acceptors (Lipinski definition) is 2. The van der Waals surface area contributed by atoms with Gasteiger partial charge < -0.3 is 9.67 Å². The normalized spacial score (nSPS) is 10.8. The number of imidazole rings is 1. The fourth-order valence-electron chi connectivity index (χ4n) is 2.07. The SMILES string of the molecule is C=CCn1c(CCCC(=O)O)nc2cc(F)ccc21. The zero-order valence-electron chi connectivity index (χ0n) is 10.5. The van der Waals surface area contributed by atoms with Crippen LogP contribution in [0.2, 0.25) is 0 Å². The number of carboxylic acid groups (broad SMARTS) is 1. The molecule has 0 aliphatic carbocycles. The van der Waals surface area contributed by atoms with Gasteiger partial charge in [0.15, 0.2) is 0 Å². The third-order valence-electron chi connectivity index (χ3n) is 2.89. The van der Waals surface area contributed by atoms with Crippen LogP contribution in [0.5, 0.6) is 0 Å². The first-order chi connectivity index (χ1) is 9.11. The molecule has 0 aliphatic rings. The maximum absolute atomic E-state index is 13.2. The molecule has 0 bridgehead atoms. The number of carboxylic acids is 1. The molecule has 1 aromatic carbocycles. The molecule has 4 nitrogen and oxygen atoms in total. The summed E-state index contributed by atoms with van der Waals surface area (Å²) in [7, 11) is 0. The Morgan fingerprint density at radius 3 is 3.00 bits per heavy atom. The van der Waals surface area contributed by atoms with Crippen molar-refractivity contribution in [2.24, 2.45) is 0 Å². The third-order valence-corrected chi connectivity index (χ3v) is 2.89. The summed E-state index contributed by atoms with van der Waals surface area (Å²) in [5.41, 5.74) is 1.43. The number of carbonyl (C=O) groups is 1. The van der Waals surface area contributed by atoms with E-state index in [1.54, 1.807) is 12.1 Å². The van der Waals surface area contributed by atoms with Crippen molar-refractivity contribution in [3.05, 3.63) is 42.5 Å². The van der Waals surface area contributed by atoms with Gasteiger partial charge in [-0.25, -0.2) is 9.37 Å². The average molecular weight is 262 g/mol. The number of nitrogens with zero attached hydrogens (tertiary/aromatic N) is 2. The second-order valence-corrected chi connectivity index (χ2v) is 4.31. The van der Waals surface area contributed by atoms with Crippen LogP contribution in [0.3, 0.4) is 0 Å². The summed E-state index contributed by atoms with van der Waals surface area (Å²) in [6, 6.07) is 4.46. The Morgan fingerprint density at radius 1 is 1.53 bits per heavy atom. The van der Waals surface area contributed by atoms with Gasteiger partial charge in [0.05, 0.1) is 11.0 Å². The van der Waals surface area contributed by atoms with Crippen LogP contribution >= 0.6 is 0 Å². The lowest BCUT2D eigenvalue weighted by Gasteiger charge is -2.05. The number of hydrogen-bond donors (Lipinski definition) is 1. The summed E-state index contributed by atoms with van der Waals surface area (Å²) in [5, 5.41) is 8.65. The minimum atomic E-state index is -0.822. The highest BCUT2D eigenvalue weighted by molar-refractivity contribution is 5.76. The smallest absolute Gasteiger partial charge is 0.303 e. The molecule has 2 aromatic rings. The molecule has 0 atom stereocenters. The summed E-state index contributed by atoms with van der Waals surface area (Å²) in [4.78, 5) is 14.9.